The summed E-state index contributed by atoms with van der Waals surface area (Å²) >= 11 is 0.959. The molecule has 2 heterocycles. The van der Waals surface area contributed by atoms with Crippen LogP contribution in [0.25, 0.3) is 11.0 Å². The van der Waals surface area contributed by atoms with E-state index >= 15 is 0 Å². The van der Waals surface area contributed by atoms with Crippen LogP contribution in [0, 0.1) is 6.92 Å². The Balaban J connectivity index is 1.71. The van der Waals surface area contributed by atoms with Crippen LogP contribution >= 0.6 is 11.7 Å². The van der Waals surface area contributed by atoms with Crippen LogP contribution in [-0.2, 0) is 14.6 Å². The van der Waals surface area contributed by atoms with E-state index in [1.165, 1.54) is 6.07 Å². The lowest BCUT2D eigenvalue weighted by Gasteiger charge is -2.06. The number of aromatic nitrogens is 3. The van der Waals surface area contributed by atoms with E-state index in [4.69, 9.17) is 0 Å². The third kappa shape index (κ3) is 3.57. The van der Waals surface area contributed by atoms with Crippen LogP contribution in [-0.4, -0.2) is 33.8 Å². The minimum absolute atomic E-state index is 0.107. The summed E-state index contributed by atoms with van der Waals surface area (Å²) in [5, 5.41) is 2.60. The molecule has 0 bridgehead atoms. The van der Waals surface area contributed by atoms with E-state index in [2.05, 4.69) is 19.0 Å². The van der Waals surface area contributed by atoms with E-state index in [0.29, 0.717) is 16.9 Å². The molecule has 0 aliphatic heterocycles. The van der Waals surface area contributed by atoms with E-state index in [1.54, 1.807) is 24.4 Å². The number of aryl methyl sites for hydroxylation is 1. The van der Waals surface area contributed by atoms with E-state index < -0.39 is 15.7 Å². The molecule has 1 N–H and O–H groups in total. The molecule has 0 unspecified atom stereocenters. The average Bonchev–Trinajstić information content (AvgIpc) is 3.01. The van der Waals surface area contributed by atoms with E-state index in [-0.39, 0.29) is 17.1 Å². The van der Waals surface area contributed by atoms with E-state index in [0.717, 1.165) is 17.3 Å². The third-order valence-electron chi connectivity index (χ3n) is 3.36. The molecular weight excluding hydrogens is 348 g/mol. The zero-order valence-electron chi connectivity index (χ0n) is 12.8. The molecule has 124 valence electrons. The Hall–Kier alpha value is -2.39. The lowest BCUT2D eigenvalue weighted by molar-refractivity contribution is -0.115. The summed E-state index contributed by atoms with van der Waals surface area (Å²) in [5.41, 5.74) is 1.84. The number of amides is 1. The fourth-order valence-corrected chi connectivity index (χ4v) is 4.19. The molecule has 1 amide bonds. The standard InChI is InChI=1S/C15H14N4O3S2/c1-10-5-7-16-13(9-10)17-14(20)6-8-24(21,22)12-4-2-3-11-15(12)19-23-18-11/h2-5,7,9H,6,8H2,1H3,(H,16,17,20). The van der Waals surface area contributed by atoms with Gasteiger partial charge < -0.3 is 5.32 Å². The first-order chi connectivity index (χ1) is 11.5. The van der Waals surface area contributed by atoms with Crippen molar-refractivity contribution in [3.63, 3.8) is 0 Å². The number of sulfone groups is 1. The van der Waals surface area contributed by atoms with Gasteiger partial charge >= 0.3 is 0 Å². The number of hydrogen-bond donors (Lipinski definition) is 1. The summed E-state index contributed by atoms with van der Waals surface area (Å²) in [7, 11) is -3.63. The lowest BCUT2D eigenvalue weighted by atomic mass is 10.3. The van der Waals surface area contributed by atoms with Gasteiger partial charge in [-0.25, -0.2) is 13.4 Å². The number of anilines is 1. The lowest BCUT2D eigenvalue weighted by Crippen LogP contribution is -2.18. The van der Waals surface area contributed by atoms with Gasteiger partial charge in [0.05, 0.1) is 22.4 Å². The maximum atomic E-state index is 12.5. The third-order valence-corrected chi connectivity index (χ3v) is 5.65. The number of nitrogens with zero attached hydrogens (tertiary/aromatic N) is 3. The molecule has 0 aliphatic rings. The molecule has 0 radical (unpaired) electrons. The van der Waals surface area contributed by atoms with Crippen LogP contribution in [0.2, 0.25) is 0 Å². The first-order valence-corrected chi connectivity index (χ1v) is 9.50. The second-order valence-electron chi connectivity index (χ2n) is 5.22. The second-order valence-corrected chi connectivity index (χ2v) is 7.83. The Morgan fingerprint density at radius 2 is 2.08 bits per heavy atom. The molecule has 0 fully saturated rings. The van der Waals surface area contributed by atoms with Crippen molar-refractivity contribution in [1.29, 1.82) is 0 Å². The molecule has 1 aromatic carbocycles. The van der Waals surface area contributed by atoms with Crippen molar-refractivity contribution in [3.05, 3.63) is 42.1 Å². The molecule has 0 saturated carbocycles. The van der Waals surface area contributed by atoms with Crippen LogP contribution in [0.1, 0.15) is 12.0 Å². The van der Waals surface area contributed by atoms with Crippen molar-refractivity contribution in [2.75, 3.05) is 11.1 Å². The zero-order valence-corrected chi connectivity index (χ0v) is 14.4. The van der Waals surface area contributed by atoms with Gasteiger partial charge in [-0.1, -0.05) is 6.07 Å². The smallest absolute Gasteiger partial charge is 0.226 e. The number of hydrogen-bond acceptors (Lipinski definition) is 7. The van der Waals surface area contributed by atoms with Crippen LogP contribution in [0.3, 0.4) is 0 Å². The fourth-order valence-electron chi connectivity index (χ4n) is 2.18. The summed E-state index contributed by atoms with van der Waals surface area (Å²) in [6, 6.07) is 8.33. The monoisotopic (exact) mass is 362 g/mol. The topological polar surface area (TPSA) is 102 Å². The molecule has 9 heteroatoms. The number of pyridine rings is 1. The first kappa shape index (κ1) is 16.5. The molecular formula is C15H14N4O3S2. The van der Waals surface area contributed by atoms with Gasteiger partial charge in [-0.2, -0.15) is 8.75 Å². The molecule has 0 spiro atoms. The summed E-state index contributed by atoms with van der Waals surface area (Å²) in [4.78, 5) is 16.1. The average molecular weight is 362 g/mol. The highest BCUT2D eigenvalue weighted by Gasteiger charge is 2.21. The van der Waals surface area contributed by atoms with Gasteiger partial charge in [0.1, 0.15) is 16.9 Å². The first-order valence-electron chi connectivity index (χ1n) is 7.12. The normalized spacial score (nSPS) is 11.5. The second kappa shape index (κ2) is 6.62. The predicted octanol–water partition coefficient (Wildman–Crippen LogP) is 2.20. The van der Waals surface area contributed by atoms with Crippen molar-refractivity contribution >= 4 is 44.3 Å². The van der Waals surface area contributed by atoms with Crippen molar-refractivity contribution in [3.8, 4) is 0 Å². The largest absolute Gasteiger partial charge is 0.311 e. The van der Waals surface area contributed by atoms with Crippen LogP contribution in [0.15, 0.2) is 41.4 Å². The number of rotatable bonds is 5. The maximum Gasteiger partial charge on any atom is 0.226 e. The molecule has 7 nitrogen and oxygen atoms in total. The van der Waals surface area contributed by atoms with Gasteiger partial charge in [-0.3, -0.25) is 4.79 Å². The number of carbonyl (C=O) groups excluding carboxylic acids is 1. The maximum absolute atomic E-state index is 12.5. The Morgan fingerprint density at radius 1 is 1.25 bits per heavy atom. The minimum Gasteiger partial charge on any atom is -0.311 e. The highest BCUT2D eigenvalue weighted by atomic mass is 32.2. The molecule has 0 atom stereocenters. The number of nitrogens with one attached hydrogen (secondary N) is 1. The summed E-state index contributed by atoms with van der Waals surface area (Å²) < 4.78 is 33.1. The number of benzene rings is 1. The molecule has 0 aliphatic carbocycles. The Labute approximate surface area is 143 Å². The summed E-state index contributed by atoms with van der Waals surface area (Å²) in [6.07, 6.45) is 1.42. The van der Waals surface area contributed by atoms with Crippen molar-refractivity contribution in [1.82, 2.24) is 13.7 Å². The van der Waals surface area contributed by atoms with Gasteiger partial charge in [0, 0.05) is 12.6 Å². The predicted molar refractivity (Wildman–Crippen MR) is 91.7 cm³/mol. The molecule has 2 aromatic heterocycles. The summed E-state index contributed by atoms with van der Waals surface area (Å²) in [5.74, 6) is -0.301. The highest BCUT2D eigenvalue weighted by molar-refractivity contribution is 7.91. The Kier molecular flexibility index (Phi) is 4.54. The van der Waals surface area contributed by atoms with Crippen molar-refractivity contribution < 1.29 is 13.2 Å². The minimum atomic E-state index is -3.63. The van der Waals surface area contributed by atoms with Gasteiger partial charge in [-0.15, -0.1) is 0 Å². The molecule has 3 aromatic rings. The number of fused-ring (bicyclic) bond motifs is 1. The Bertz CT molecular complexity index is 999. The van der Waals surface area contributed by atoms with Gasteiger partial charge in [0.2, 0.25) is 5.91 Å². The summed E-state index contributed by atoms with van der Waals surface area (Å²) in [6.45, 7) is 1.88. The fraction of sp³-hybridized carbons (Fsp3) is 0.200. The van der Waals surface area contributed by atoms with Crippen LogP contribution in [0.4, 0.5) is 5.82 Å². The van der Waals surface area contributed by atoms with Gasteiger partial charge in [-0.05, 0) is 36.8 Å². The van der Waals surface area contributed by atoms with E-state index in [1.807, 2.05) is 13.0 Å². The SMILES string of the molecule is Cc1ccnc(NC(=O)CCS(=O)(=O)c2cccc3nsnc23)c1. The highest BCUT2D eigenvalue weighted by Crippen LogP contribution is 2.22. The molecule has 24 heavy (non-hydrogen) atoms. The van der Waals surface area contributed by atoms with Crippen LogP contribution < -0.4 is 5.32 Å². The van der Waals surface area contributed by atoms with Crippen LogP contribution in [0.5, 0.6) is 0 Å². The molecule has 0 saturated heterocycles. The van der Waals surface area contributed by atoms with Gasteiger partial charge in [0.25, 0.3) is 0 Å². The van der Waals surface area contributed by atoms with Gasteiger partial charge in [0.15, 0.2) is 9.84 Å². The quantitative estimate of drug-likeness (QED) is 0.746. The van der Waals surface area contributed by atoms with Crippen molar-refractivity contribution in [2.24, 2.45) is 0 Å². The van der Waals surface area contributed by atoms with E-state index in [9.17, 15) is 13.2 Å². The molecule has 3 rings (SSSR count). The zero-order chi connectivity index (χ0) is 17.2. The Morgan fingerprint density at radius 3 is 2.88 bits per heavy atom. The van der Waals surface area contributed by atoms with Crippen molar-refractivity contribution in [2.45, 2.75) is 18.2 Å². The number of carbonyl (C=O) groups is 1.